The van der Waals surface area contributed by atoms with Crippen molar-refractivity contribution in [1.29, 1.82) is 0 Å². The lowest BCUT2D eigenvalue weighted by molar-refractivity contribution is 0.0601. The molecule has 5 aromatic carbocycles. The third-order valence-corrected chi connectivity index (χ3v) is 5.94. The van der Waals surface area contributed by atoms with Crippen molar-refractivity contribution >= 4 is 27.5 Å². The van der Waals surface area contributed by atoms with Crippen LogP contribution in [0.5, 0.6) is 0 Å². The Labute approximate surface area is 181 Å². The lowest BCUT2D eigenvalue weighted by Gasteiger charge is -2.19. The minimum atomic E-state index is -0.323. The number of esters is 1. The van der Waals surface area contributed by atoms with Crippen LogP contribution in [0.1, 0.15) is 15.9 Å². The minimum Gasteiger partial charge on any atom is -0.465 e. The highest BCUT2D eigenvalue weighted by Gasteiger charge is 2.20. The molecule has 0 heterocycles. The number of carbonyl (C=O) groups is 1. The number of rotatable bonds is 3. The van der Waals surface area contributed by atoms with E-state index in [1.165, 1.54) is 23.3 Å². The summed E-state index contributed by atoms with van der Waals surface area (Å²) >= 11 is 0. The van der Waals surface area contributed by atoms with Crippen molar-refractivity contribution in [2.75, 3.05) is 7.11 Å². The molecular formula is C29H22O2. The predicted molar refractivity (Wildman–Crippen MR) is 128 cm³/mol. The molecule has 0 aliphatic heterocycles. The van der Waals surface area contributed by atoms with E-state index < -0.39 is 0 Å². The average molecular weight is 402 g/mol. The zero-order valence-electron chi connectivity index (χ0n) is 17.6. The number of benzene rings is 5. The lowest BCUT2D eigenvalue weighted by Crippen LogP contribution is -2.05. The normalized spacial score (nSPS) is 11.0. The van der Waals surface area contributed by atoms with Crippen molar-refractivity contribution in [3.8, 4) is 22.3 Å². The summed E-state index contributed by atoms with van der Waals surface area (Å²) in [6.07, 6.45) is 0. The highest BCUT2D eigenvalue weighted by Crippen LogP contribution is 2.43. The molecular weight excluding hydrogens is 380 g/mol. The summed E-state index contributed by atoms with van der Waals surface area (Å²) in [6.45, 7) is 2.05. The second-order valence-corrected chi connectivity index (χ2v) is 7.73. The lowest BCUT2D eigenvalue weighted by atomic mass is 9.84. The molecule has 0 spiro atoms. The molecule has 0 amide bonds. The molecule has 0 saturated carbocycles. The van der Waals surface area contributed by atoms with Crippen LogP contribution in [0.25, 0.3) is 43.8 Å². The van der Waals surface area contributed by atoms with Crippen LogP contribution in [0.15, 0.2) is 97.1 Å². The molecule has 0 aliphatic rings. The van der Waals surface area contributed by atoms with E-state index in [1.54, 1.807) is 0 Å². The Balaban J connectivity index is 1.95. The largest absolute Gasteiger partial charge is 0.465 e. The van der Waals surface area contributed by atoms with Gasteiger partial charge in [-0.3, -0.25) is 0 Å². The van der Waals surface area contributed by atoms with Gasteiger partial charge in [-0.15, -0.1) is 0 Å². The van der Waals surface area contributed by atoms with Gasteiger partial charge in [-0.1, -0.05) is 91.0 Å². The Morgan fingerprint density at radius 3 is 2.03 bits per heavy atom. The number of ether oxygens (including phenoxy) is 1. The molecule has 0 fully saturated rings. The van der Waals surface area contributed by atoms with Gasteiger partial charge >= 0.3 is 5.97 Å². The summed E-state index contributed by atoms with van der Waals surface area (Å²) in [5.41, 5.74) is 5.87. The molecule has 31 heavy (non-hydrogen) atoms. The second-order valence-electron chi connectivity index (χ2n) is 7.73. The highest BCUT2D eigenvalue weighted by molar-refractivity contribution is 6.12. The van der Waals surface area contributed by atoms with E-state index in [9.17, 15) is 4.79 Å². The minimum absolute atomic E-state index is 0.323. The average Bonchev–Trinajstić information content (AvgIpc) is 2.82. The van der Waals surface area contributed by atoms with Crippen molar-refractivity contribution in [1.82, 2.24) is 0 Å². The zero-order chi connectivity index (χ0) is 21.4. The van der Waals surface area contributed by atoms with E-state index in [1.807, 2.05) is 25.1 Å². The highest BCUT2D eigenvalue weighted by atomic mass is 16.5. The maximum absolute atomic E-state index is 12.7. The van der Waals surface area contributed by atoms with Gasteiger partial charge in [0.05, 0.1) is 12.7 Å². The first kappa shape index (κ1) is 19.1. The number of methoxy groups -OCH3 is 1. The van der Waals surface area contributed by atoms with Gasteiger partial charge in [0.2, 0.25) is 0 Å². The SMILES string of the molecule is COC(=O)c1cccc(C)c1-c1ccc2ccccc2c1-c1cccc2ccccc12. The smallest absolute Gasteiger partial charge is 0.338 e. The van der Waals surface area contributed by atoms with E-state index in [0.717, 1.165) is 33.2 Å². The number of aryl methyl sites for hydroxylation is 1. The maximum Gasteiger partial charge on any atom is 0.338 e. The van der Waals surface area contributed by atoms with Gasteiger partial charge in [0.25, 0.3) is 0 Å². The van der Waals surface area contributed by atoms with Gasteiger partial charge in [-0.2, -0.15) is 0 Å². The van der Waals surface area contributed by atoms with Gasteiger partial charge in [-0.25, -0.2) is 4.79 Å². The molecule has 0 N–H and O–H groups in total. The number of carbonyl (C=O) groups excluding carboxylic acids is 1. The van der Waals surface area contributed by atoms with E-state index in [4.69, 9.17) is 4.74 Å². The molecule has 0 atom stereocenters. The Bertz CT molecular complexity index is 1440. The Hall–Kier alpha value is -3.91. The topological polar surface area (TPSA) is 26.3 Å². The van der Waals surface area contributed by atoms with Crippen molar-refractivity contribution in [3.63, 3.8) is 0 Å². The summed E-state index contributed by atoms with van der Waals surface area (Å²) in [4.78, 5) is 12.7. The summed E-state index contributed by atoms with van der Waals surface area (Å²) in [6, 6.07) is 33.3. The second kappa shape index (κ2) is 7.73. The van der Waals surface area contributed by atoms with Crippen molar-refractivity contribution in [3.05, 3.63) is 108 Å². The first-order valence-corrected chi connectivity index (χ1v) is 10.4. The zero-order valence-corrected chi connectivity index (χ0v) is 17.6. The fourth-order valence-corrected chi connectivity index (χ4v) is 4.52. The molecule has 0 radical (unpaired) electrons. The molecule has 5 aromatic rings. The molecule has 0 aliphatic carbocycles. The van der Waals surface area contributed by atoms with Crippen LogP contribution >= 0.6 is 0 Å². The summed E-state index contributed by atoms with van der Waals surface area (Å²) < 4.78 is 5.12. The van der Waals surface area contributed by atoms with Gasteiger partial charge in [0.15, 0.2) is 0 Å². The molecule has 2 heteroatoms. The molecule has 150 valence electrons. The van der Waals surface area contributed by atoms with Crippen LogP contribution in [-0.2, 0) is 4.74 Å². The van der Waals surface area contributed by atoms with Gasteiger partial charge in [-0.05, 0) is 62.4 Å². The third-order valence-electron chi connectivity index (χ3n) is 5.94. The van der Waals surface area contributed by atoms with Crippen molar-refractivity contribution in [2.24, 2.45) is 0 Å². The van der Waals surface area contributed by atoms with Gasteiger partial charge in [0, 0.05) is 0 Å². The molecule has 0 saturated heterocycles. The van der Waals surface area contributed by atoms with E-state index in [-0.39, 0.29) is 5.97 Å². The van der Waals surface area contributed by atoms with Crippen LogP contribution in [0.3, 0.4) is 0 Å². The van der Waals surface area contributed by atoms with E-state index in [0.29, 0.717) is 5.56 Å². The van der Waals surface area contributed by atoms with Crippen LogP contribution in [-0.4, -0.2) is 13.1 Å². The van der Waals surface area contributed by atoms with Gasteiger partial charge < -0.3 is 4.74 Å². The monoisotopic (exact) mass is 402 g/mol. The maximum atomic E-state index is 12.7. The Kier molecular flexibility index (Phi) is 4.76. The standard InChI is InChI=1S/C29H22O2/c1-19-9-7-16-26(29(30)31-2)27(19)25-18-17-21-11-4-6-14-23(21)28(25)24-15-8-12-20-10-3-5-13-22(20)24/h3-18H,1-2H3. The number of hydrogen-bond donors (Lipinski definition) is 0. The molecule has 5 rings (SSSR count). The molecule has 0 bridgehead atoms. The quantitative estimate of drug-likeness (QED) is 0.293. The van der Waals surface area contributed by atoms with Gasteiger partial charge in [0.1, 0.15) is 0 Å². The fraction of sp³-hybridized carbons (Fsp3) is 0.0690. The van der Waals surface area contributed by atoms with Crippen molar-refractivity contribution in [2.45, 2.75) is 6.92 Å². The first-order valence-electron chi connectivity index (χ1n) is 10.4. The van der Waals surface area contributed by atoms with Crippen molar-refractivity contribution < 1.29 is 9.53 Å². The molecule has 0 unspecified atom stereocenters. The van der Waals surface area contributed by atoms with Crippen LogP contribution < -0.4 is 0 Å². The van der Waals surface area contributed by atoms with Crippen LogP contribution in [0, 0.1) is 6.92 Å². The Morgan fingerprint density at radius 2 is 1.26 bits per heavy atom. The third kappa shape index (κ3) is 3.17. The Morgan fingerprint density at radius 1 is 0.613 bits per heavy atom. The summed E-state index contributed by atoms with van der Waals surface area (Å²) in [5.74, 6) is -0.323. The summed E-state index contributed by atoms with van der Waals surface area (Å²) in [5, 5.41) is 4.71. The first-order chi connectivity index (χ1) is 15.2. The van der Waals surface area contributed by atoms with E-state index >= 15 is 0 Å². The number of fused-ring (bicyclic) bond motifs is 2. The predicted octanol–water partition coefficient (Wildman–Crippen LogP) is 7.42. The van der Waals surface area contributed by atoms with Crippen LogP contribution in [0.4, 0.5) is 0 Å². The van der Waals surface area contributed by atoms with E-state index in [2.05, 4.69) is 78.9 Å². The molecule has 0 aromatic heterocycles. The van der Waals surface area contributed by atoms with Crippen LogP contribution in [0.2, 0.25) is 0 Å². The number of hydrogen-bond acceptors (Lipinski definition) is 2. The summed E-state index contributed by atoms with van der Waals surface area (Å²) in [7, 11) is 1.43. The molecule has 2 nitrogen and oxygen atoms in total. The fourth-order valence-electron chi connectivity index (χ4n) is 4.52.